The number of benzene rings is 1. The molecule has 0 amide bonds. The first-order valence-corrected chi connectivity index (χ1v) is 7.54. The smallest absolute Gasteiger partial charge is 0.271 e. The third-order valence-electron chi connectivity index (χ3n) is 5.33. The maximum absolute atomic E-state index is 12.8. The van der Waals surface area contributed by atoms with Crippen LogP contribution in [0.1, 0.15) is 48.4 Å². The van der Waals surface area contributed by atoms with E-state index in [1.807, 2.05) is 0 Å². The van der Waals surface area contributed by atoms with Crippen LogP contribution in [0.25, 0.3) is 0 Å². The molecule has 3 N–H and O–H groups in total. The van der Waals surface area contributed by atoms with Crippen molar-refractivity contribution in [1.82, 2.24) is 5.43 Å². The summed E-state index contributed by atoms with van der Waals surface area (Å²) in [7, 11) is 0. The van der Waals surface area contributed by atoms with Gasteiger partial charge in [0.2, 0.25) is 0 Å². The quantitative estimate of drug-likeness (QED) is 0.655. The summed E-state index contributed by atoms with van der Waals surface area (Å²) in [6, 6.07) is 3.95. The average Bonchev–Trinajstić information content (AvgIpc) is 3.03. The Morgan fingerprint density at radius 2 is 2.00 bits per heavy atom. The van der Waals surface area contributed by atoms with Gasteiger partial charge in [0.25, 0.3) is 0 Å². The van der Waals surface area contributed by atoms with E-state index in [0.29, 0.717) is 17.4 Å². The number of fused-ring (bicyclic) bond motifs is 2. The molecular formula is C16H21F3N2. The molecule has 2 aliphatic rings. The summed E-state index contributed by atoms with van der Waals surface area (Å²) in [5.74, 6) is 7.63. The maximum atomic E-state index is 12.8. The van der Waals surface area contributed by atoms with E-state index >= 15 is 0 Å². The summed E-state index contributed by atoms with van der Waals surface area (Å²) in [5.41, 5.74) is 3.84. The number of alkyl halides is 3. The summed E-state index contributed by atoms with van der Waals surface area (Å²) in [6.45, 7) is 1.74. The second-order valence-electron chi connectivity index (χ2n) is 6.55. The molecule has 0 aliphatic heterocycles. The number of rotatable bonds is 3. The van der Waals surface area contributed by atoms with Gasteiger partial charge in [-0.25, -0.2) is 0 Å². The molecule has 2 saturated carbocycles. The Balaban J connectivity index is 1.87. The van der Waals surface area contributed by atoms with Gasteiger partial charge in [0.05, 0.1) is 5.56 Å². The molecule has 3 rings (SSSR count). The number of aryl methyl sites for hydroxylation is 1. The first-order chi connectivity index (χ1) is 9.90. The van der Waals surface area contributed by atoms with Crippen molar-refractivity contribution in [1.29, 1.82) is 0 Å². The van der Waals surface area contributed by atoms with Crippen molar-refractivity contribution in [3.05, 3.63) is 34.9 Å². The Morgan fingerprint density at radius 3 is 2.48 bits per heavy atom. The zero-order valence-electron chi connectivity index (χ0n) is 12.1. The molecule has 2 fully saturated rings. The van der Waals surface area contributed by atoms with Crippen LogP contribution < -0.4 is 11.3 Å². The van der Waals surface area contributed by atoms with Crippen LogP contribution in [0.5, 0.6) is 0 Å². The minimum absolute atomic E-state index is 0.0393. The second-order valence-corrected chi connectivity index (χ2v) is 6.55. The third kappa shape index (κ3) is 2.69. The first kappa shape index (κ1) is 14.9. The Labute approximate surface area is 122 Å². The van der Waals surface area contributed by atoms with Gasteiger partial charge >= 0.3 is 6.18 Å². The zero-order chi connectivity index (χ0) is 15.2. The molecule has 0 saturated heterocycles. The van der Waals surface area contributed by atoms with Crippen molar-refractivity contribution < 1.29 is 13.2 Å². The van der Waals surface area contributed by atoms with Crippen molar-refractivity contribution in [2.75, 3.05) is 0 Å². The Kier molecular flexibility index (Phi) is 3.74. The van der Waals surface area contributed by atoms with Gasteiger partial charge in [-0.05, 0) is 67.2 Å². The van der Waals surface area contributed by atoms with E-state index in [1.54, 1.807) is 13.0 Å². The molecule has 5 heteroatoms. The summed E-state index contributed by atoms with van der Waals surface area (Å²) in [5, 5.41) is 0. The van der Waals surface area contributed by atoms with Gasteiger partial charge in [-0.15, -0.1) is 0 Å². The van der Waals surface area contributed by atoms with E-state index in [1.165, 1.54) is 31.4 Å². The molecule has 116 valence electrons. The predicted octanol–water partition coefficient (Wildman–Crippen LogP) is 3.95. The van der Waals surface area contributed by atoms with Gasteiger partial charge in [-0.3, -0.25) is 11.3 Å². The number of halogens is 3. The maximum Gasteiger partial charge on any atom is 0.416 e. The van der Waals surface area contributed by atoms with Crippen LogP contribution in [-0.4, -0.2) is 0 Å². The average molecular weight is 298 g/mol. The lowest BCUT2D eigenvalue weighted by molar-refractivity contribution is -0.137. The van der Waals surface area contributed by atoms with Gasteiger partial charge in [0, 0.05) is 6.04 Å². The Bertz CT molecular complexity index is 527. The highest BCUT2D eigenvalue weighted by Gasteiger charge is 2.43. The van der Waals surface area contributed by atoms with E-state index < -0.39 is 11.7 Å². The summed E-state index contributed by atoms with van der Waals surface area (Å²) < 4.78 is 38.3. The van der Waals surface area contributed by atoms with Gasteiger partial charge < -0.3 is 0 Å². The van der Waals surface area contributed by atoms with Crippen LogP contribution in [0, 0.1) is 24.7 Å². The van der Waals surface area contributed by atoms with Gasteiger partial charge in [-0.1, -0.05) is 12.5 Å². The molecule has 4 unspecified atom stereocenters. The second kappa shape index (κ2) is 5.29. The van der Waals surface area contributed by atoms with E-state index in [9.17, 15) is 13.2 Å². The highest BCUT2D eigenvalue weighted by molar-refractivity contribution is 5.35. The normalized spacial score (nSPS) is 29.9. The molecule has 4 atom stereocenters. The first-order valence-electron chi connectivity index (χ1n) is 7.54. The number of nitrogens with two attached hydrogens (primary N) is 1. The van der Waals surface area contributed by atoms with Crippen LogP contribution in [0.15, 0.2) is 18.2 Å². The third-order valence-corrected chi connectivity index (χ3v) is 5.33. The molecule has 0 spiro atoms. The lowest BCUT2D eigenvalue weighted by atomic mass is 9.79. The van der Waals surface area contributed by atoms with E-state index in [0.717, 1.165) is 17.9 Å². The van der Waals surface area contributed by atoms with Gasteiger partial charge in [-0.2, -0.15) is 13.2 Å². The largest absolute Gasteiger partial charge is 0.416 e. The van der Waals surface area contributed by atoms with Crippen LogP contribution in [0.4, 0.5) is 13.2 Å². The molecular weight excluding hydrogens is 277 g/mol. The van der Waals surface area contributed by atoms with Gasteiger partial charge in [0.15, 0.2) is 0 Å². The topological polar surface area (TPSA) is 38.0 Å². The van der Waals surface area contributed by atoms with E-state index in [-0.39, 0.29) is 6.04 Å². The molecule has 0 radical (unpaired) electrons. The molecule has 21 heavy (non-hydrogen) atoms. The summed E-state index contributed by atoms with van der Waals surface area (Å²) >= 11 is 0. The Morgan fingerprint density at radius 1 is 1.24 bits per heavy atom. The minimum atomic E-state index is -4.29. The fraction of sp³-hybridized carbons (Fsp3) is 0.625. The summed E-state index contributed by atoms with van der Waals surface area (Å²) in [4.78, 5) is 0. The van der Waals surface area contributed by atoms with Crippen molar-refractivity contribution in [3.8, 4) is 0 Å². The molecule has 2 aliphatic carbocycles. The highest BCUT2D eigenvalue weighted by atomic mass is 19.4. The predicted molar refractivity (Wildman–Crippen MR) is 75.2 cm³/mol. The monoisotopic (exact) mass is 298 g/mol. The fourth-order valence-corrected chi connectivity index (χ4v) is 4.35. The molecule has 2 bridgehead atoms. The van der Waals surface area contributed by atoms with Crippen molar-refractivity contribution in [2.24, 2.45) is 23.6 Å². The van der Waals surface area contributed by atoms with Gasteiger partial charge in [0.1, 0.15) is 0 Å². The van der Waals surface area contributed by atoms with Crippen LogP contribution >= 0.6 is 0 Å². The lowest BCUT2D eigenvalue weighted by Crippen LogP contribution is -2.36. The number of hydrogen-bond acceptors (Lipinski definition) is 2. The molecule has 1 aromatic rings. The number of hydrazine groups is 1. The highest BCUT2D eigenvalue weighted by Crippen LogP contribution is 2.52. The van der Waals surface area contributed by atoms with Crippen LogP contribution in [0.2, 0.25) is 0 Å². The summed E-state index contributed by atoms with van der Waals surface area (Å²) in [6.07, 6.45) is 0.627. The van der Waals surface area contributed by atoms with E-state index in [4.69, 9.17) is 5.84 Å². The van der Waals surface area contributed by atoms with Crippen molar-refractivity contribution in [3.63, 3.8) is 0 Å². The molecule has 0 heterocycles. The van der Waals surface area contributed by atoms with Crippen LogP contribution in [0.3, 0.4) is 0 Å². The number of hydrogen-bond donors (Lipinski definition) is 2. The molecule has 1 aromatic carbocycles. The number of nitrogens with one attached hydrogen (secondary N) is 1. The van der Waals surface area contributed by atoms with Crippen molar-refractivity contribution in [2.45, 2.75) is 44.8 Å². The molecule has 0 aromatic heterocycles. The lowest BCUT2D eigenvalue weighted by Gasteiger charge is -2.31. The Hall–Kier alpha value is -1.07. The van der Waals surface area contributed by atoms with Crippen LogP contribution in [-0.2, 0) is 6.18 Å². The fourth-order valence-electron chi connectivity index (χ4n) is 4.35. The minimum Gasteiger partial charge on any atom is -0.271 e. The van der Waals surface area contributed by atoms with E-state index in [2.05, 4.69) is 5.43 Å². The van der Waals surface area contributed by atoms with Crippen molar-refractivity contribution >= 4 is 0 Å². The molecule has 2 nitrogen and oxygen atoms in total. The zero-order valence-corrected chi connectivity index (χ0v) is 12.1. The SMILES string of the molecule is Cc1cc(C(F)(F)F)ccc1C(NN)C1CC2CCC1C2. The standard InChI is InChI=1S/C16H21F3N2/c1-9-6-12(16(17,18)19)4-5-13(9)15(21-20)14-8-10-2-3-11(14)7-10/h4-6,10-11,14-15,21H,2-3,7-8,20H2,1H3.